The van der Waals surface area contributed by atoms with Crippen molar-refractivity contribution >= 4 is 12.0 Å². The van der Waals surface area contributed by atoms with Gasteiger partial charge in [-0.25, -0.2) is 9.59 Å². The molecule has 1 heterocycles. The number of nitrogens with zero attached hydrogens (tertiary/aromatic N) is 1. The van der Waals surface area contributed by atoms with Crippen LogP contribution < -0.4 is 5.32 Å². The van der Waals surface area contributed by atoms with E-state index in [1.807, 2.05) is 0 Å². The van der Waals surface area contributed by atoms with Crippen LogP contribution in [0.15, 0.2) is 0 Å². The predicted molar refractivity (Wildman–Crippen MR) is 64.8 cm³/mol. The van der Waals surface area contributed by atoms with Gasteiger partial charge in [0, 0.05) is 13.1 Å². The molecule has 17 heavy (non-hydrogen) atoms. The number of urea groups is 1. The SMILES string of the molecule is CC(C)C(C)CNC(=O)N1CCCC1C(=O)O. The van der Waals surface area contributed by atoms with Gasteiger partial charge in [-0.3, -0.25) is 0 Å². The lowest BCUT2D eigenvalue weighted by Gasteiger charge is -2.23. The first-order chi connectivity index (χ1) is 7.93. The van der Waals surface area contributed by atoms with Crippen molar-refractivity contribution in [3.63, 3.8) is 0 Å². The molecule has 1 aliphatic rings. The lowest BCUT2D eigenvalue weighted by atomic mass is 9.98. The van der Waals surface area contributed by atoms with Gasteiger partial charge in [-0.15, -0.1) is 0 Å². The molecule has 0 aromatic carbocycles. The summed E-state index contributed by atoms with van der Waals surface area (Å²) in [5, 5.41) is 11.8. The summed E-state index contributed by atoms with van der Waals surface area (Å²) in [7, 11) is 0. The van der Waals surface area contributed by atoms with Gasteiger partial charge in [0.2, 0.25) is 0 Å². The van der Waals surface area contributed by atoms with Crippen LogP contribution >= 0.6 is 0 Å². The highest BCUT2D eigenvalue weighted by Crippen LogP contribution is 2.17. The molecule has 1 aliphatic heterocycles. The Kier molecular flexibility index (Phi) is 4.78. The Morgan fingerprint density at radius 1 is 1.41 bits per heavy atom. The second-order valence-corrected chi connectivity index (χ2v) is 5.10. The van der Waals surface area contributed by atoms with Crippen molar-refractivity contribution in [1.82, 2.24) is 10.2 Å². The van der Waals surface area contributed by atoms with Crippen molar-refractivity contribution in [1.29, 1.82) is 0 Å². The molecular weight excluding hydrogens is 220 g/mol. The van der Waals surface area contributed by atoms with Crippen molar-refractivity contribution in [2.45, 2.75) is 39.7 Å². The molecule has 0 bridgehead atoms. The molecule has 0 spiro atoms. The molecule has 2 atom stereocenters. The molecule has 5 heteroatoms. The van der Waals surface area contributed by atoms with Crippen molar-refractivity contribution in [2.75, 3.05) is 13.1 Å². The minimum absolute atomic E-state index is 0.248. The maximum atomic E-state index is 11.8. The number of nitrogens with one attached hydrogen (secondary N) is 1. The predicted octanol–water partition coefficient (Wildman–Crippen LogP) is 1.54. The number of carbonyl (C=O) groups excluding carboxylic acids is 1. The van der Waals surface area contributed by atoms with Crippen LogP contribution in [0.5, 0.6) is 0 Å². The zero-order chi connectivity index (χ0) is 13.0. The van der Waals surface area contributed by atoms with Crippen molar-refractivity contribution in [2.24, 2.45) is 11.8 Å². The monoisotopic (exact) mass is 242 g/mol. The third kappa shape index (κ3) is 3.61. The van der Waals surface area contributed by atoms with Gasteiger partial charge in [0.15, 0.2) is 0 Å². The van der Waals surface area contributed by atoms with E-state index in [0.29, 0.717) is 31.3 Å². The highest BCUT2D eigenvalue weighted by Gasteiger charge is 2.33. The van der Waals surface area contributed by atoms with Crippen LogP contribution in [0.2, 0.25) is 0 Å². The van der Waals surface area contributed by atoms with Crippen LogP contribution in [0.1, 0.15) is 33.6 Å². The zero-order valence-electron chi connectivity index (χ0n) is 10.8. The quantitative estimate of drug-likeness (QED) is 0.785. The number of likely N-dealkylation sites (tertiary alicyclic amines) is 1. The number of carboxylic acid groups (broad SMARTS) is 1. The van der Waals surface area contributed by atoms with Crippen LogP contribution in [0.3, 0.4) is 0 Å². The molecule has 0 aromatic heterocycles. The van der Waals surface area contributed by atoms with Crippen LogP contribution in [0.4, 0.5) is 4.79 Å². The molecule has 1 fully saturated rings. The highest BCUT2D eigenvalue weighted by atomic mass is 16.4. The van der Waals surface area contributed by atoms with E-state index < -0.39 is 12.0 Å². The summed E-state index contributed by atoms with van der Waals surface area (Å²) in [5.74, 6) is -0.0106. The van der Waals surface area contributed by atoms with E-state index in [1.54, 1.807) is 0 Å². The third-order valence-electron chi connectivity index (χ3n) is 3.51. The van der Waals surface area contributed by atoms with Gasteiger partial charge in [0.1, 0.15) is 6.04 Å². The number of amides is 2. The summed E-state index contributed by atoms with van der Waals surface area (Å²) < 4.78 is 0. The lowest BCUT2D eigenvalue weighted by molar-refractivity contribution is -0.141. The number of carbonyl (C=O) groups is 2. The molecule has 0 aromatic rings. The fourth-order valence-electron chi connectivity index (χ4n) is 1.85. The second-order valence-electron chi connectivity index (χ2n) is 5.10. The molecule has 0 saturated carbocycles. The van der Waals surface area contributed by atoms with E-state index in [4.69, 9.17) is 5.11 Å². The Bertz CT molecular complexity index is 291. The standard InChI is InChI=1S/C12H22N2O3/c1-8(2)9(3)7-13-12(17)14-6-4-5-10(14)11(15)16/h8-10H,4-7H2,1-3H3,(H,13,17)(H,15,16). The number of hydrogen-bond donors (Lipinski definition) is 2. The van der Waals surface area contributed by atoms with Crippen molar-refractivity contribution < 1.29 is 14.7 Å². The number of aliphatic carboxylic acids is 1. The number of rotatable bonds is 4. The average molecular weight is 242 g/mol. The Labute approximate surface area is 102 Å². The van der Waals surface area contributed by atoms with Gasteiger partial charge in [-0.05, 0) is 24.7 Å². The van der Waals surface area contributed by atoms with E-state index in [0.717, 1.165) is 6.42 Å². The molecule has 5 nitrogen and oxygen atoms in total. The Morgan fingerprint density at radius 2 is 2.06 bits per heavy atom. The van der Waals surface area contributed by atoms with Gasteiger partial charge in [0.25, 0.3) is 0 Å². The molecule has 0 aliphatic carbocycles. The van der Waals surface area contributed by atoms with Gasteiger partial charge in [-0.2, -0.15) is 0 Å². The van der Waals surface area contributed by atoms with Gasteiger partial charge in [-0.1, -0.05) is 20.8 Å². The first-order valence-electron chi connectivity index (χ1n) is 6.20. The summed E-state index contributed by atoms with van der Waals surface area (Å²) in [5.41, 5.74) is 0. The molecule has 98 valence electrons. The molecule has 2 N–H and O–H groups in total. The molecule has 2 unspecified atom stereocenters. The fourth-order valence-corrected chi connectivity index (χ4v) is 1.85. The smallest absolute Gasteiger partial charge is 0.326 e. The van der Waals surface area contributed by atoms with Gasteiger partial charge in [0.05, 0.1) is 0 Å². The molecule has 1 rings (SSSR count). The summed E-state index contributed by atoms with van der Waals surface area (Å²) in [6.07, 6.45) is 1.33. The summed E-state index contributed by atoms with van der Waals surface area (Å²) >= 11 is 0. The van der Waals surface area contributed by atoms with Crippen molar-refractivity contribution in [3.05, 3.63) is 0 Å². The molecule has 2 amide bonds. The largest absolute Gasteiger partial charge is 0.480 e. The Morgan fingerprint density at radius 3 is 2.59 bits per heavy atom. The maximum absolute atomic E-state index is 11.8. The van der Waals surface area contributed by atoms with E-state index in [1.165, 1.54) is 4.90 Å². The fraction of sp³-hybridized carbons (Fsp3) is 0.833. The van der Waals surface area contributed by atoms with Crippen molar-refractivity contribution in [3.8, 4) is 0 Å². The highest BCUT2D eigenvalue weighted by molar-refractivity contribution is 5.83. The maximum Gasteiger partial charge on any atom is 0.326 e. The van der Waals surface area contributed by atoms with E-state index in [2.05, 4.69) is 26.1 Å². The topological polar surface area (TPSA) is 69.6 Å². The second kappa shape index (κ2) is 5.89. The summed E-state index contributed by atoms with van der Waals surface area (Å²) in [6, 6.07) is -0.897. The minimum Gasteiger partial charge on any atom is -0.480 e. The first kappa shape index (κ1) is 13.8. The molecular formula is C12H22N2O3. The number of carboxylic acids is 1. The summed E-state index contributed by atoms with van der Waals surface area (Å²) in [6.45, 7) is 7.42. The Hall–Kier alpha value is -1.26. The number of hydrogen-bond acceptors (Lipinski definition) is 2. The molecule has 1 saturated heterocycles. The summed E-state index contributed by atoms with van der Waals surface area (Å²) in [4.78, 5) is 24.2. The zero-order valence-corrected chi connectivity index (χ0v) is 10.8. The van der Waals surface area contributed by atoms with E-state index in [9.17, 15) is 9.59 Å². The minimum atomic E-state index is -0.908. The van der Waals surface area contributed by atoms with Crippen LogP contribution in [-0.2, 0) is 4.79 Å². The van der Waals surface area contributed by atoms with Crippen LogP contribution in [0, 0.1) is 11.8 Å². The van der Waals surface area contributed by atoms with E-state index in [-0.39, 0.29) is 6.03 Å². The molecule has 0 radical (unpaired) electrons. The van der Waals surface area contributed by atoms with Gasteiger partial charge < -0.3 is 15.3 Å². The van der Waals surface area contributed by atoms with Crippen LogP contribution in [-0.4, -0.2) is 41.1 Å². The van der Waals surface area contributed by atoms with Gasteiger partial charge >= 0.3 is 12.0 Å². The van der Waals surface area contributed by atoms with Crippen LogP contribution in [0.25, 0.3) is 0 Å². The van der Waals surface area contributed by atoms with E-state index >= 15 is 0 Å². The Balaban J connectivity index is 2.44. The normalized spacial score (nSPS) is 21.6. The average Bonchev–Trinajstić information content (AvgIpc) is 2.73. The lowest BCUT2D eigenvalue weighted by Crippen LogP contribution is -2.47. The first-order valence-corrected chi connectivity index (χ1v) is 6.20. The third-order valence-corrected chi connectivity index (χ3v) is 3.51.